The van der Waals surface area contributed by atoms with E-state index in [0.717, 1.165) is 12.6 Å². The van der Waals surface area contributed by atoms with Crippen LogP contribution in [0.5, 0.6) is 0 Å². The Hall–Kier alpha value is -1.20. The monoisotopic (exact) mass is 375 g/mol. The van der Waals surface area contributed by atoms with E-state index in [9.17, 15) is 18.5 Å². The van der Waals surface area contributed by atoms with Gasteiger partial charge in [-0.15, -0.1) is 11.8 Å². The summed E-state index contributed by atoms with van der Waals surface area (Å²) in [5.41, 5.74) is -0.223. The number of nitrogens with zero attached hydrogens (tertiary/aromatic N) is 3. The fourth-order valence-electron chi connectivity index (χ4n) is 2.20. The van der Waals surface area contributed by atoms with Crippen molar-refractivity contribution in [1.29, 1.82) is 0 Å². The number of nitro benzene ring substituents is 1. The van der Waals surface area contributed by atoms with E-state index in [4.69, 9.17) is 4.74 Å². The van der Waals surface area contributed by atoms with Gasteiger partial charge in [-0.05, 0) is 20.2 Å². The van der Waals surface area contributed by atoms with Gasteiger partial charge in [0.15, 0.2) is 0 Å². The van der Waals surface area contributed by atoms with Gasteiger partial charge in [0.05, 0.1) is 18.1 Å². The predicted octanol–water partition coefficient (Wildman–Crippen LogP) is 1.27. The molecule has 0 aromatic heterocycles. The zero-order valence-corrected chi connectivity index (χ0v) is 15.3. The molecule has 0 atom stereocenters. The summed E-state index contributed by atoms with van der Waals surface area (Å²) in [5, 5.41) is 11.0. The van der Waals surface area contributed by atoms with Crippen molar-refractivity contribution in [1.82, 2.24) is 9.21 Å². The molecule has 1 aliphatic rings. The Morgan fingerprint density at radius 1 is 1.33 bits per heavy atom. The first-order chi connectivity index (χ1) is 11.3. The topological polar surface area (TPSA) is 93.0 Å². The lowest BCUT2D eigenvalue weighted by Gasteiger charge is -2.26. The number of morpholine rings is 1. The Kier molecular flexibility index (Phi) is 6.58. The van der Waals surface area contributed by atoms with Gasteiger partial charge in [-0.25, -0.2) is 8.42 Å². The second-order valence-corrected chi connectivity index (χ2v) is 8.60. The molecule has 134 valence electrons. The van der Waals surface area contributed by atoms with Crippen LogP contribution in [0.15, 0.2) is 28.0 Å². The zero-order valence-electron chi connectivity index (χ0n) is 13.7. The van der Waals surface area contributed by atoms with Crippen LogP contribution < -0.4 is 0 Å². The van der Waals surface area contributed by atoms with Crippen LogP contribution in [0.1, 0.15) is 0 Å². The van der Waals surface area contributed by atoms with Gasteiger partial charge in [-0.2, -0.15) is 4.31 Å². The Morgan fingerprint density at radius 3 is 2.58 bits per heavy atom. The van der Waals surface area contributed by atoms with Crippen LogP contribution in [-0.2, 0) is 14.8 Å². The average molecular weight is 375 g/mol. The van der Waals surface area contributed by atoms with Crippen LogP contribution in [-0.4, -0.2) is 75.2 Å². The maximum absolute atomic E-state index is 12.9. The summed E-state index contributed by atoms with van der Waals surface area (Å²) in [6, 6.07) is 4.02. The predicted molar refractivity (Wildman–Crippen MR) is 92.0 cm³/mol. The van der Waals surface area contributed by atoms with Gasteiger partial charge in [-0.1, -0.05) is 0 Å². The van der Waals surface area contributed by atoms with Crippen molar-refractivity contribution >= 4 is 27.5 Å². The quantitative estimate of drug-likeness (QED) is 0.402. The Labute approximate surface area is 146 Å². The van der Waals surface area contributed by atoms with E-state index >= 15 is 0 Å². The van der Waals surface area contributed by atoms with Crippen LogP contribution in [0.4, 0.5) is 5.69 Å². The summed E-state index contributed by atoms with van der Waals surface area (Å²) in [6.45, 7) is 1.95. The number of rotatable bonds is 7. The van der Waals surface area contributed by atoms with Crippen molar-refractivity contribution in [2.24, 2.45) is 0 Å². The first kappa shape index (κ1) is 19.1. The van der Waals surface area contributed by atoms with Crippen molar-refractivity contribution in [3.63, 3.8) is 0 Å². The molecular weight excluding hydrogens is 354 g/mol. The molecule has 0 N–H and O–H groups in total. The summed E-state index contributed by atoms with van der Waals surface area (Å²) < 4.78 is 32.3. The van der Waals surface area contributed by atoms with Crippen LogP contribution in [0.3, 0.4) is 0 Å². The minimum absolute atomic E-state index is 0.00218. The summed E-state index contributed by atoms with van der Waals surface area (Å²) in [6.07, 6.45) is 0. The number of ether oxygens (including phenoxy) is 1. The van der Waals surface area contributed by atoms with E-state index in [1.807, 2.05) is 19.0 Å². The third-order valence-corrected chi connectivity index (χ3v) is 6.64. The molecule has 8 nitrogen and oxygen atoms in total. The number of benzene rings is 1. The first-order valence-electron chi connectivity index (χ1n) is 7.46. The smallest absolute Gasteiger partial charge is 0.270 e. The summed E-state index contributed by atoms with van der Waals surface area (Å²) in [4.78, 5) is 13.0. The molecule has 0 unspecified atom stereocenters. The third kappa shape index (κ3) is 4.67. The molecule has 0 bridgehead atoms. The fourth-order valence-corrected chi connectivity index (χ4v) is 5.23. The molecule has 2 rings (SSSR count). The van der Waals surface area contributed by atoms with Crippen molar-refractivity contribution < 1.29 is 18.1 Å². The lowest BCUT2D eigenvalue weighted by atomic mass is 10.3. The molecule has 1 aliphatic heterocycles. The highest BCUT2D eigenvalue weighted by Crippen LogP contribution is 2.32. The van der Waals surface area contributed by atoms with Gasteiger partial charge in [0.1, 0.15) is 4.90 Å². The van der Waals surface area contributed by atoms with Crippen molar-refractivity contribution in [2.45, 2.75) is 9.79 Å². The zero-order chi connectivity index (χ0) is 17.7. The third-order valence-electron chi connectivity index (χ3n) is 3.52. The largest absolute Gasteiger partial charge is 0.379 e. The Morgan fingerprint density at radius 2 is 2.00 bits per heavy atom. The number of hydrogen-bond acceptors (Lipinski definition) is 7. The average Bonchev–Trinajstić information content (AvgIpc) is 2.55. The number of sulfonamides is 1. The minimum Gasteiger partial charge on any atom is -0.379 e. The molecule has 1 saturated heterocycles. The maximum Gasteiger partial charge on any atom is 0.270 e. The molecule has 1 aromatic rings. The number of hydrogen-bond donors (Lipinski definition) is 0. The van der Waals surface area contributed by atoms with Crippen molar-refractivity contribution in [3.05, 3.63) is 28.3 Å². The molecule has 0 spiro atoms. The van der Waals surface area contributed by atoms with Crippen LogP contribution in [0.25, 0.3) is 0 Å². The highest BCUT2D eigenvalue weighted by Gasteiger charge is 2.30. The highest BCUT2D eigenvalue weighted by molar-refractivity contribution is 8.00. The van der Waals surface area contributed by atoms with Crippen LogP contribution >= 0.6 is 11.8 Å². The molecule has 0 radical (unpaired) electrons. The lowest BCUT2D eigenvalue weighted by Crippen LogP contribution is -2.40. The number of nitro groups is 1. The maximum atomic E-state index is 12.9. The summed E-state index contributed by atoms with van der Waals surface area (Å²) in [5.74, 6) is 0.691. The molecule has 0 aliphatic carbocycles. The van der Waals surface area contributed by atoms with Gasteiger partial charge >= 0.3 is 0 Å². The minimum atomic E-state index is -3.78. The summed E-state index contributed by atoms with van der Waals surface area (Å²) >= 11 is 1.39. The second-order valence-electron chi connectivity index (χ2n) is 5.56. The van der Waals surface area contributed by atoms with E-state index in [1.165, 1.54) is 28.2 Å². The van der Waals surface area contributed by atoms with E-state index in [-0.39, 0.29) is 23.7 Å². The fraction of sp³-hybridized carbons (Fsp3) is 0.571. The number of thioether (sulfide) groups is 1. The molecule has 1 aromatic carbocycles. The van der Waals surface area contributed by atoms with Gasteiger partial charge < -0.3 is 9.64 Å². The first-order valence-corrected chi connectivity index (χ1v) is 9.89. The van der Waals surface area contributed by atoms with E-state index in [1.54, 1.807) is 0 Å². The number of non-ortho nitro benzene ring substituents is 1. The molecule has 0 amide bonds. The normalized spacial score (nSPS) is 16.5. The molecule has 10 heteroatoms. The second kappa shape index (κ2) is 8.26. The van der Waals surface area contributed by atoms with Crippen LogP contribution in [0, 0.1) is 10.1 Å². The van der Waals surface area contributed by atoms with Gasteiger partial charge in [0.25, 0.3) is 5.69 Å². The summed E-state index contributed by atoms with van der Waals surface area (Å²) in [7, 11) is 0.0797. The van der Waals surface area contributed by atoms with Gasteiger partial charge in [0.2, 0.25) is 10.0 Å². The van der Waals surface area contributed by atoms with Crippen molar-refractivity contribution in [3.8, 4) is 0 Å². The Balaban J connectivity index is 2.35. The van der Waals surface area contributed by atoms with Gasteiger partial charge in [0, 0.05) is 42.4 Å². The molecule has 0 saturated carbocycles. The highest BCUT2D eigenvalue weighted by atomic mass is 32.2. The van der Waals surface area contributed by atoms with E-state index in [0.29, 0.717) is 23.9 Å². The molecule has 24 heavy (non-hydrogen) atoms. The SMILES string of the molecule is CN(C)CCSc1ccc([N+](=O)[O-])cc1S(=O)(=O)N1CCOCC1. The van der Waals surface area contributed by atoms with E-state index in [2.05, 4.69) is 0 Å². The standard InChI is InChI=1S/C14H21N3O5S2/c1-15(2)7-10-23-13-4-3-12(17(18)19)11-14(13)24(20,21)16-5-8-22-9-6-16/h3-4,11H,5-10H2,1-2H3. The van der Waals surface area contributed by atoms with Crippen molar-refractivity contribution in [2.75, 3.05) is 52.7 Å². The molecular formula is C14H21N3O5S2. The van der Waals surface area contributed by atoms with E-state index < -0.39 is 14.9 Å². The molecule has 1 fully saturated rings. The van der Waals surface area contributed by atoms with Crippen LogP contribution in [0.2, 0.25) is 0 Å². The Bertz CT molecular complexity index is 688. The molecule has 1 heterocycles. The van der Waals surface area contributed by atoms with Gasteiger partial charge in [-0.3, -0.25) is 10.1 Å². The lowest BCUT2D eigenvalue weighted by molar-refractivity contribution is -0.385.